The molecular weight excluding hydrogens is 266 g/mol. The van der Waals surface area contributed by atoms with Crippen LogP contribution in [0.25, 0.3) is 11.1 Å². The van der Waals surface area contributed by atoms with E-state index in [0.29, 0.717) is 11.7 Å². The molecule has 1 fully saturated rings. The molecule has 2 aromatic heterocycles. The van der Waals surface area contributed by atoms with E-state index < -0.39 is 0 Å². The second-order valence-corrected chi connectivity index (χ2v) is 5.14. The van der Waals surface area contributed by atoms with Crippen LogP contribution in [0.1, 0.15) is 6.42 Å². The van der Waals surface area contributed by atoms with Gasteiger partial charge in [0, 0.05) is 37.6 Å². The third kappa shape index (κ3) is 3.05. The van der Waals surface area contributed by atoms with E-state index in [0.717, 1.165) is 36.5 Å². The summed E-state index contributed by atoms with van der Waals surface area (Å²) in [5, 5.41) is 9.61. The van der Waals surface area contributed by atoms with Crippen LogP contribution < -0.4 is 21.5 Å². The van der Waals surface area contributed by atoms with Crippen LogP contribution in [0.15, 0.2) is 35.4 Å². The zero-order valence-electron chi connectivity index (χ0n) is 11.9. The van der Waals surface area contributed by atoms with E-state index in [4.69, 9.17) is 0 Å². The van der Waals surface area contributed by atoms with Crippen LogP contribution in [0, 0.1) is 0 Å². The number of nitrogens with zero attached hydrogens (tertiary/aromatic N) is 1. The van der Waals surface area contributed by atoms with Crippen molar-refractivity contribution in [2.45, 2.75) is 12.5 Å². The number of hydrogen-bond donors (Lipinski definition) is 4. The first-order valence-corrected chi connectivity index (χ1v) is 7.10. The lowest BCUT2D eigenvalue weighted by atomic mass is 10.1. The molecule has 0 radical (unpaired) electrons. The van der Waals surface area contributed by atoms with Gasteiger partial charge in [0.1, 0.15) is 11.5 Å². The highest BCUT2D eigenvalue weighted by Crippen LogP contribution is 2.22. The predicted molar refractivity (Wildman–Crippen MR) is 84.7 cm³/mol. The minimum absolute atomic E-state index is 0.0893. The molecule has 0 amide bonds. The van der Waals surface area contributed by atoms with Gasteiger partial charge < -0.3 is 20.9 Å². The van der Waals surface area contributed by atoms with Gasteiger partial charge in [0.05, 0.1) is 0 Å². The smallest absolute Gasteiger partial charge is 0.271 e. The van der Waals surface area contributed by atoms with Crippen molar-refractivity contribution >= 4 is 11.5 Å². The fourth-order valence-corrected chi connectivity index (χ4v) is 2.50. The van der Waals surface area contributed by atoms with Gasteiger partial charge in [-0.1, -0.05) is 0 Å². The van der Waals surface area contributed by atoms with Crippen molar-refractivity contribution in [3.8, 4) is 11.1 Å². The molecule has 0 aromatic carbocycles. The van der Waals surface area contributed by atoms with Gasteiger partial charge in [-0.05, 0) is 36.7 Å². The maximum absolute atomic E-state index is 12.0. The number of hydrogen-bond acceptors (Lipinski definition) is 5. The van der Waals surface area contributed by atoms with E-state index in [1.165, 1.54) is 0 Å². The van der Waals surface area contributed by atoms with Gasteiger partial charge in [-0.15, -0.1) is 0 Å². The SMILES string of the molecule is CNc1cc(-c2c[nH]c(=O)c(NC3CCNC3)c2)ccn1. The normalized spacial score (nSPS) is 17.7. The first kappa shape index (κ1) is 13.6. The van der Waals surface area contributed by atoms with Gasteiger partial charge in [-0.2, -0.15) is 0 Å². The zero-order valence-corrected chi connectivity index (χ0v) is 11.9. The summed E-state index contributed by atoms with van der Waals surface area (Å²) in [7, 11) is 1.83. The van der Waals surface area contributed by atoms with Crippen molar-refractivity contribution in [3.63, 3.8) is 0 Å². The van der Waals surface area contributed by atoms with Crippen LogP contribution in [0.3, 0.4) is 0 Å². The monoisotopic (exact) mass is 285 g/mol. The van der Waals surface area contributed by atoms with Gasteiger partial charge >= 0.3 is 0 Å². The molecule has 1 unspecified atom stereocenters. The Morgan fingerprint density at radius 1 is 1.33 bits per heavy atom. The molecule has 21 heavy (non-hydrogen) atoms. The second kappa shape index (κ2) is 5.97. The summed E-state index contributed by atoms with van der Waals surface area (Å²) < 4.78 is 0. The Balaban J connectivity index is 1.90. The van der Waals surface area contributed by atoms with E-state index in [-0.39, 0.29) is 5.56 Å². The summed E-state index contributed by atoms with van der Waals surface area (Å²) in [5.74, 6) is 0.799. The lowest BCUT2D eigenvalue weighted by Gasteiger charge is -2.13. The van der Waals surface area contributed by atoms with Crippen LogP contribution in [0.5, 0.6) is 0 Å². The minimum Gasteiger partial charge on any atom is -0.377 e. The molecule has 0 aliphatic carbocycles. The number of anilines is 2. The van der Waals surface area contributed by atoms with Gasteiger partial charge in [0.15, 0.2) is 0 Å². The Bertz CT molecular complexity index is 676. The molecule has 1 aliphatic heterocycles. The molecule has 3 rings (SSSR count). The quantitative estimate of drug-likeness (QED) is 0.680. The molecule has 6 heteroatoms. The largest absolute Gasteiger partial charge is 0.377 e. The minimum atomic E-state index is -0.0893. The number of pyridine rings is 2. The highest BCUT2D eigenvalue weighted by atomic mass is 16.1. The first-order chi connectivity index (χ1) is 10.3. The maximum Gasteiger partial charge on any atom is 0.271 e. The molecule has 0 saturated carbocycles. The van der Waals surface area contributed by atoms with E-state index in [9.17, 15) is 4.79 Å². The Labute approximate surface area is 123 Å². The van der Waals surface area contributed by atoms with E-state index >= 15 is 0 Å². The molecule has 1 saturated heterocycles. The summed E-state index contributed by atoms with van der Waals surface area (Å²) in [4.78, 5) is 18.9. The molecule has 110 valence electrons. The summed E-state index contributed by atoms with van der Waals surface area (Å²) in [5.41, 5.74) is 2.50. The molecule has 1 aliphatic rings. The highest BCUT2D eigenvalue weighted by molar-refractivity contribution is 5.68. The molecular formula is C15H19N5O. The maximum atomic E-state index is 12.0. The summed E-state index contributed by atoms with van der Waals surface area (Å²) in [6, 6.07) is 6.09. The van der Waals surface area contributed by atoms with E-state index in [2.05, 4.69) is 25.9 Å². The zero-order chi connectivity index (χ0) is 14.7. The van der Waals surface area contributed by atoms with Crippen LogP contribution in [0.2, 0.25) is 0 Å². The molecule has 6 nitrogen and oxygen atoms in total. The third-order valence-electron chi connectivity index (χ3n) is 3.67. The molecule has 0 spiro atoms. The van der Waals surface area contributed by atoms with E-state index in [1.807, 2.05) is 25.2 Å². The van der Waals surface area contributed by atoms with Crippen molar-refractivity contribution in [2.24, 2.45) is 0 Å². The summed E-state index contributed by atoms with van der Waals surface area (Å²) >= 11 is 0. The molecule has 0 bridgehead atoms. The number of aromatic amines is 1. The number of H-pyrrole nitrogens is 1. The second-order valence-electron chi connectivity index (χ2n) is 5.14. The van der Waals surface area contributed by atoms with Crippen molar-refractivity contribution in [1.82, 2.24) is 15.3 Å². The Kier molecular flexibility index (Phi) is 3.87. The van der Waals surface area contributed by atoms with Crippen molar-refractivity contribution in [1.29, 1.82) is 0 Å². The van der Waals surface area contributed by atoms with Crippen LogP contribution in [-0.4, -0.2) is 36.1 Å². The van der Waals surface area contributed by atoms with Crippen molar-refractivity contribution in [3.05, 3.63) is 40.9 Å². The lowest BCUT2D eigenvalue weighted by Crippen LogP contribution is -2.26. The fourth-order valence-electron chi connectivity index (χ4n) is 2.50. The molecule has 2 aromatic rings. The molecule has 4 N–H and O–H groups in total. The molecule has 3 heterocycles. The van der Waals surface area contributed by atoms with Gasteiger partial charge in [-0.25, -0.2) is 4.98 Å². The first-order valence-electron chi connectivity index (χ1n) is 7.10. The van der Waals surface area contributed by atoms with Gasteiger partial charge in [0.25, 0.3) is 5.56 Å². The topological polar surface area (TPSA) is 81.8 Å². The van der Waals surface area contributed by atoms with Crippen molar-refractivity contribution < 1.29 is 0 Å². The fraction of sp³-hybridized carbons (Fsp3) is 0.333. The van der Waals surface area contributed by atoms with Crippen LogP contribution >= 0.6 is 0 Å². The third-order valence-corrected chi connectivity index (χ3v) is 3.67. The van der Waals surface area contributed by atoms with Gasteiger partial charge in [0.2, 0.25) is 0 Å². The standard InChI is InChI=1S/C15H19N5O/c1-16-14-7-10(2-5-18-14)11-6-13(15(21)19-8-11)20-12-3-4-17-9-12/h2,5-8,12,17,20H,3-4,9H2,1H3,(H,16,18)(H,19,21). The highest BCUT2D eigenvalue weighted by Gasteiger charge is 2.15. The predicted octanol–water partition coefficient (Wildman–Crippen LogP) is 1.25. The lowest BCUT2D eigenvalue weighted by molar-refractivity contribution is 0.791. The van der Waals surface area contributed by atoms with Crippen LogP contribution in [0.4, 0.5) is 11.5 Å². The average molecular weight is 285 g/mol. The number of rotatable bonds is 4. The average Bonchev–Trinajstić information content (AvgIpc) is 3.02. The van der Waals surface area contributed by atoms with Gasteiger partial charge in [-0.3, -0.25) is 4.79 Å². The van der Waals surface area contributed by atoms with E-state index in [1.54, 1.807) is 12.4 Å². The van der Waals surface area contributed by atoms with Crippen LogP contribution in [-0.2, 0) is 0 Å². The molecule has 1 atom stereocenters. The Hall–Kier alpha value is -2.34. The number of nitrogens with one attached hydrogen (secondary N) is 4. The summed E-state index contributed by atoms with van der Waals surface area (Å²) in [6.45, 7) is 1.88. The summed E-state index contributed by atoms with van der Waals surface area (Å²) in [6.07, 6.45) is 4.51. The Morgan fingerprint density at radius 2 is 2.24 bits per heavy atom. The Morgan fingerprint density at radius 3 is 3.00 bits per heavy atom. The number of aromatic nitrogens is 2. The van der Waals surface area contributed by atoms with Crippen molar-refractivity contribution in [2.75, 3.05) is 30.8 Å².